The van der Waals surface area contributed by atoms with Crippen LogP contribution in [0, 0.1) is 0 Å². The standard InChI is InChI=1S/C28H44N4O5/c1-28(2,3)37-27(36)32-19-10-9-15-23(32)25(33)31-22(26(34)35)14-8-6-4-5-7-13-21-17-16-20-12-11-18-29-24(20)30-21/h16-17,22-23H,4-15,18-19H2,1-3H3,(H,29,30)(H,31,33)(H,34,35)/t22-,23-/m0/s1. The predicted octanol–water partition coefficient (Wildman–Crippen LogP) is 4.68. The number of aryl methyl sites for hydroxylation is 2. The molecular formula is C28H44N4O5. The van der Waals surface area contributed by atoms with Gasteiger partial charge in [-0.2, -0.15) is 0 Å². The molecule has 0 unspecified atom stereocenters. The van der Waals surface area contributed by atoms with Crippen molar-refractivity contribution in [2.75, 3.05) is 18.4 Å². The van der Waals surface area contributed by atoms with Crippen molar-refractivity contribution in [1.29, 1.82) is 0 Å². The number of carbonyl (C=O) groups is 3. The first kappa shape index (κ1) is 28.7. The first-order chi connectivity index (χ1) is 17.6. The zero-order valence-corrected chi connectivity index (χ0v) is 22.7. The number of hydrogen-bond donors (Lipinski definition) is 3. The third-order valence-corrected chi connectivity index (χ3v) is 6.93. The van der Waals surface area contributed by atoms with Gasteiger partial charge in [-0.3, -0.25) is 9.69 Å². The lowest BCUT2D eigenvalue weighted by Crippen LogP contribution is -2.55. The molecule has 3 rings (SSSR count). The number of nitrogens with zero attached hydrogens (tertiary/aromatic N) is 2. The van der Waals surface area contributed by atoms with Crippen LogP contribution in [0.4, 0.5) is 10.6 Å². The van der Waals surface area contributed by atoms with Gasteiger partial charge in [0, 0.05) is 18.8 Å². The second-order valence-corrected chi connectivity index (χ2v) is 11.2. The highest BCUT2D eigenvalue weighted by Crippen LogP contribution is 2.22. The molecule has 0 saturated carbocycles. The fourth-order valence-electron chi connectivity index (χ4n) is 4.96. The van der Waals surface area contributed by atoms with E-state index in [-0.39, 0.29) is 0 Å². The molecule has 2 aliphatic heterocycles. The summed E-state index contributed by atoms with van der Waals surface area (Å²) in [6.45, 7) is 6.78. The third kappa shape index (κ3) is 9.20. The van der Waals surface area contributed by atoms with Crippen LogP contribution in [0.3, 0.4) is 0 Å². The minimum atomic E-state index is -1.04. The number of carboxylic acids is 1. The number of hydrogen-bond acceptors (Lipinski definition) is 6. The summed E-state index contributed by atoms with van der Waals surface area (Å²) in [6.07, 6.45) is 9.91. The van der Waals surface area contributed by atoms with Crippen molar-refractivity contribution in [3.63, 3.8) is 0 Å². The van der Waals surface area contributed by atoms with Gasteiger partial charge >= 0.3 is 12.1 Å². The second-order valence-electron chi connectivity index (χ2n) is 11.2. The van der Waals surface area contributed by atoms with Crippen LogP contribution < -0.4 is 10.6 Å². The number of carbonyl (C=O) groups excluding carboxylic acids is 2. The number of amides is 2. The van der Waals surface area contributed by atoms with E-state index in [0.717, 1.165) is 82.3 Å². The van der Waals surface area contributed by atoms with Gasteiger partial charge in [0.2, 0.25) is 5.91 Å². The van der Waals surface area contributed by atoms with Crippen LogP contribution in [0.25, 0.3) is 0 Å². The Bertz CT molecular complexity index is 930. The number of unbranched alkanes of at least 4 members (excludes halogenated alkanes) is 4. The van der Waals surface area contributed by atoms with Crippen molar-refractivity contribution in [2.45, 2.75) is 116 Å². The number of piperidine rings is 1. The highest BCUT2D eigenvalue weighted by atomic mass is 16.6. The fourth-order valence-corrected chi connectivity index (χ4v) is 4.96. The van der Waals surface area contributed by atoms with Crippen molar-refractivity contribution >= 4 is 23.8 Å². The Morgan fingerprint density at radius 3 is 2.65 bits per heavy atom. The summed E-state index contributed by atoms with van der Waals surface area (Å²) in [7, 11) is 0. The van der Waals surface area contributed by atoms with Crippen LogP contribution >= 0.6 is 0 Å². The molecule has 1 aromatic rings. The molecule has 2 amide bonds. The normalized spacial score (nSPS) is 18.4. The van der Waals surface area contributed by atoms with Crippen LogP contribution in [0.1, 0.15) is 96.2 Å². The molecule has 37 heavy (non-hydrogen) atoms. The van der Waals surface area contributed by atoms with E-state index < -0.39 is 35.7 Å². The van der Waals surface area contributed by atoms with Gasteiger partial charge in [-0.05, 0) is 83.8 Å². The largest absolute Gasteiger partial charge is 0.480 e. The average Bonchev–Trinajstić information content (AvgIpc) is 2.86. The molecule has 2 atom stereocenters. The van der Waals surface area contributed by atoms with Gasteiger partial charge in [0.25, 0.3) is 0 Å². The third-order valence-electron chi connectivity index (χ3n) is 6.93. The Morgan fingerprint density at radius 2 is 1.89 bits per heavy atom. The molecule has 3 heterocycles. The molecule has 1 aromatic heterocycles. The zero-order chi connectivity index (χ0) is 26.8. The molecule has 1 fully saturated rings. The lowest BCUT2D eigenvalue weighted by molar-refractivity contribution is -0.143. The molecule has 0 spiro atoms. The highest BCUT2D eigenvalue weighted by Gasteiger charge is 2.36. The number of ether oxygens (including phenoxy) is 1. The van der Waals surface area contributed by atoms with Crippen molar-refractivity contribution in [3.05, 3.63) is 23.4 Å². The van der Waals surface area contributed by atoms with Crippen molar-refractivity contribution < 1.29 is 24.2 Å². The van der Waals surface area contributed by atoms with Crippen molar-refractivity contribution in [1.82, 2.24) is 15.2 Å². The van der Waals surface area contributed by atoms with E-state index in [9.17, 15) is 19.5 Å². The molecular weight excluding hydrogens is 472 g/mol. The monoisotopic (exact) mass is 516 g/mol. The summed E-state index contributed by atoms with van der Waals surface area (Å²) in [5.74, 6) is -0.418. The van der Waals surface area contributed by atoms with Crippen molar-refractivity contribution in [3.8, 4) is 0 Å². The van der Waals surface area contributed by atoms with E-state index in [1.807, 2.05) is 0 Å². The van der Waals surface area contributed by atoms with E-state index >= 15 is 0 Å². The Balaban J connectivity index is 1.38. The Hall–Kier alpha value is -2.84. The summed E-state index contributed by atoms with van der Waals surface area (Å²) in [6, 6.07) is 2.66. The number of aromatic nitrogens is 1. The molecule has 2 aliphatic rings. The summed E-state index contributed by atoms with van der Waals surface area (Å²) < 4.78 is 5.46. The number of fused-ring (bicyclic) bond motifs is 1. The van der Waals surface area contributed by atoms with E-state index in [4.69, 9.17) is 9.72 Å². The van der Waals surface area contributed by atoms with Gasteiger partial charge in [-0.25, -0.2) is 14.6 Å². The van der Waals surface area contributed by atoms with Gasteiger partial charge in [-0.15, -0.1) is 0 Å². The zero-order valence-electron chi connectivity index (χ0n) is 22.7. The fraction of sp³-hybridized carbons (Fsp3) is 0.714. The maximum atomic E-state index is 13.0. The molecule has 0 aromatic carbocycles. The number of pyridine rings is 1. The SMILES string of the molecule is CC(C)(C)OC(=O)N1CCCC[C@H]1C(=O)N[C@@H](CCCCCCCc1ccc2c(n1)NCCC2)C(=O)O. The molecule has 9 heteroatoms. The number of anilines is 1. The number of aliphatic carboxylic acids is 1. The summed E-state index contributed by atoms with van der Waals surface area (Å²) >= 11 is 0. The quantitative estimate of drug-likeness (QED) is 0.365. The number of carboxylic acid groups (broad SMARTS) is 1. The number of likely N-dealkylation sites (tertiary alicyclic amines) is 1. The Morgan fingerprint density at radius 1 is 1.14 bits per heavy atom. The van der Waals surface area contributed by atoms with Crippen LogP contribution in [-0.2, 0) is 27.2 Å². The van der Waals surface area contributed by atoms with Crippen molar-refractivity contribution in [2.24, 2.45) is 0 Å². The predicted molar refractivity (Wildman–Crippen MR) is 143 cm³/mol. The number of rotatable bonds is 11. The maximum Gasteiger partial charge on any atom is 0.410 e. The molecule has 206 valence electrons. The van der Waals surface area contributed by atoms with Gasteiger partial charge < -0.3 is 20.5 Å². The van der Waals surface area contributed by atoms with Gasteiger partial charge in [-0.1, -0.05) is 31.7 Å². The topological polar surface area (TPSA) is 121 Å². The maximum absolute atomic E-state index is 13.0. The molecule has 9 nitrogen and oxygen atoms in total. The van der Waals surface area contributed by atoms with E-state index in [1.165, 1.54) is 10.5 Å². The minimum absolute atomic E-state index is 0.373. The Labute approximate surface area is 220 Å². The van der Waals surface area contributed by atoms with Gasteiger partial charge in [0.05, 0.1) is 0 Å². The highest BCUT2D eigenvalue weighted by molar-refractivity contribution is 5.89. The lowest BCUT2D eigenvalue weighted by Gasteiger charge is -2.36. The summed E-state index contributed by atoms with van der Waals surface area (Å²) in [5.41, 5.74) is 1.76. The van der Waals surface area contributed by atoms with Crippen LogP contribution in [-0.4, -0.2) is 63.7 Å². The second kappa shape index (κ2) is 13.6. The summed E-state index contributed by atoms with van der Waals surface area (Å²) in [4.78, 5) is 43.6. The van der Waals surface area contributed by atoms with E-state index in [0.29, 0.717) is 19.4 Å². The summed E-state index contributed by atoms with van der Waals surface area (Å²) in [5, 5.41) is 15.7. The molecule has 0 bridgehead atoms. The Kier molecular flexibility index (Phi) is 10.6. The van der Waals surface area contributed by atoms with Crippen LogP contribution in [0.2, 0.25) is 0 Å². The smallest absolute Gasteiger partial charge is 0.410 e. The lowest BCUT2D eigenvalue weighted by atomic mass is 10.0. The molecule has 3 N–H and O–H groups in total. The van der Waals surface area contributed by atoms with E-state index in [2.05, 4.69) is 22.8 Å². The van der Waals surface area contributed by atoms with Crippen LogP contribution in [0.5, 0.6) is 0 Å². The minimum Gasteiger partial charge on any atom is -0.480 e. The van der Waals surface area contributed by atoms with Crippen LogP contribution in [0.15, 0.2) is 12.1 Å². The average molecular weight is 517 g/mol. The molecule has 1 saturated heterocycles. The van der Waals surface area contributed by atoms with E-state index in [1.54, 1.807) is 20.8 Å². The number of nitrogens with one attached hydrogen (secondary N) is 2. The first-order valence-corrected chi connectivity index (χ1v) is 13.9. The molecule has 0 radical (unpaired) electrons. The van der Waals surface area contributed by atoms with Gasteiger partial charge in [0.1, 0.15) is 23.5 Å². The molecule has 0 aliphatic carbocycles. The van der Waals surface area contributed by atoms with Gasteiger partial charge in [0.15, 0.2) is 0 Å². The first-order valence-electron chi connectivity index (χ1n) is 13.9.